The van der Waals surface area contributed by atoms with Gasteiger partial charge in [0.15, 0.2) is 5.84 Å². The molecule has 0 aliphatic carbocycles. The van der Waals surface area contributed by atoms with Gasteiger partial charge in [0.05, 0.1) is 25.0 Å². The molecule has 0 aliphatic rings. The molecule has 0 bridgehead atoms. The van der Waals surface area contributed by atoms with Gasteiger partial charge in [0, 0.05) is 6.04 Å². The Morgan fingerprint density at radius 3 is 2.33 bits per heavy atom. The lowest BCUT2D eigenvalue weighted by Gasteiger charge is -2.25. The van der Waals surface area contributed by atoms with Crippen LogP contribution >= 0.6 is 0 Å². The van der Waals surface area contributed by atoms with Crippen molar-refractivity contribution in [1.82, 2.24) is 4.31 Å². The highest BCUT2D eigenvalue weighted by molar-refractivity contribution is 7.89. The monoisotopic (exact) mass is 281 g/mol. The molecule has 0 rings (SSSR count). The van der Waals surface area contributed by atoms with E-state index in [-0.39, 0.29) is 36.9 Å². The van der Waals surface area contributed by atoms with Gasteiger partial charge in [-0.05, 0) is 27.7 Å². The van der Waals surface area contributed by atoms with E-state index in [9.17, 15) is 8.42 Å². The second kappa shape index (κ2) is 7.55. The lowest BCUT2D eigenvalue weighted by Crippen LogP contribution is -2.44. The Balaban J connectivity index is 4.67. The molecule has 3 N–H and O–H groups in total. The first-order valence-corrected chi connectivity index (χ1v) is 7.39. The SMILES string of the molecule is CC(C)OCCS(=O)(=O)N(CC(N)=NO)C(C)C. The van der Waals surface area contributed by atoms with E-state index in [1.54, 1.807) is 13.8 Å². The van der Waals surface area contributed by atoms with Crippen LogP contribution in [-0.4, -0.2) is 54.8 Å². The van der Waals surface area contributed by atoms with Crippen molar-refractivity contribution in [3.63, 3.8) is 0 Å². The number of hydrogen-bond donors (Lipinski definition) is 2. The first kappa shape index (κ1) is 17.1. The molecule has 0 spiro atoms. The van der Waals surface area contributed by atoms with Crippen molar-refractivity contribution in [1.29, 1.82) is 0 Å². The molecule has 0 radical (unpaired) electrons. The Morgan fingerprint density at radius 2 is 1.94 bits per heavy atom. The minimum Gasteiger partial charge on any atom is -0.409 e. The molecule has 0 heterocycles. The molecule has 108 valence electrons. The molecule has 7 nitrogen and oxygen atoms in total. The van der Waals surface area contributed by atoms with Crippen molar-refractivity contribution < 1.29 is 18.4 Å². The molecular weight excluding hydrogens is 258 g/mol. The predicted molar refractivity (Wildman–Crippen MR) is 70.1 cm³/mol. The van der Waals surface area contributed by atoms with Gasteiger partial charge in [-0.2, -0.15) is 4.31 Å². The normalized spacial score (nSPS) is 13.8. The van der Waals surface area contributed by atoms with Crippen LogP contribution in [0.15, 0.2) is 5.16 Å². The summed E-state index contributed by atoms with van der Waals surface area (Å²) >= 11 is 0. The van der Waals surface area contributed by atoms with Crippen LogP contribution in [0.1, 0.15) is 27.7 Å². The van der Waals surface area contributed by atoms with Crippen molar-refractivity contribution in [2.24, 2.45) is 10.9 Å². The van der Waals surface area contributed by atoms with Gasteiger partial charge in [0.1, 0.15) is 0 Å². The number of nitrogens with zero attached hydrogens (tertiary/aromatic N) is 2. The van der Waals surface area contributed by atoms with Gasteiger partial charge in [0.2, 0.25) is 10.0 Å². The van der Waals surface area contributed by atoms with Crippen LogP contribution in [0.2, 0.25) is 0 Å². The largest absolute Gasteiger partial charge is 0.409 e. The summed E-state index contributed by atoms with van der Waals surface area (Å²) in [7, 11) is -3.49. The van der Waals surface area contributed by atoms with Crippen LogP contribution in [-0.2, 0) is 14.8 Å². The number of nitrogens with two attached hydrogens (primary N) is 1. The molecule has 0 aromatic carbocycles. The molecule has 8 heteroatoms. The van der Waals surface area contributed by atoms with E-state index in [2.05, 4.69) is 5.16 Å². The molecule has 0 amide bonds. The molecule has 0 aliphatic heterocycles. The topological polar surface area (TPSA) is 105 Å². The fourth-order valence-corrected chi connectivity index (χ4v) is 2.81. The zero-order valence-corrected chi connectivity index (χ0v) is 12.1. The Kier molecular flexibility index (Phi) is 7.19. The number of ether oxygens (including phenoxy) is 1. The zero-order valence-electron chi connectivity index (χ0n) is 11.3. The summed E-state index contributed by atoms with van der Waals surface area (Å²) in [6, 6.07) is -0.269. The van der Waals surface area contributed by atoms with E-state index in [4.69, 9.17) is 15.7 Å². The van der Waals surface area contributed by atoms with E-state index in [1.807, 2.05) is 13.8 Å². The third-order valence-corrected chi connectivity index (χ3v) is 4.12. The van der Waals surface area contributed by atoms with Gasteiger partial charge in [0.25, 0.3) is 0 Å². The first-order chi connectivity index (χ1) is 8.20. The molecule has 0 atom stereocenters. The third kappa shape index (κ3) is 6.18. The van der Waals surface area contributed by atoms with Gasteiger partial charge in [-0.15, -0.1) is 0 Å². The number of rotatable bonds is 8. The zero-order chi connectivity index (χ0) is 14.3. The van der Waals surface area contributed by atoms with E-state index in [1.165, 1.54) is 4.31 Å². The van der Waals surface area contributed by atoms with Crippen LogP contribution in [0.4, 0.5) is 0 Å². The maximum atomic E-state index is 12.1. The maximum absolute atomic E-state index is 12.1. The van der Waals surface area contributed by atoms with Gasteiger partial charge in [-0.1, -0.05) is 5.16 Å². The Morgan fingerprint density at radius 1 is 1.39 bits per heavy atom. The third-order valence-electron chi connectivity index (χ3n) is 2.17. The highest BCUT2D eigenvalue weighted by Crippen LogP contribution is 2.07. The predicted octanol–water partition coefficient (Wildman–Crippen LogP) is 0.198. The number of hydrogen-bond acceptors (Lipinski definition) is 5. The molecule has 18 heavy (non-hydrogen) atoms. The number of oxime groups is 1. The molecule has 0 saturated heterocycles. The van der Waals surface area contributed by atoms with Crippen LogP contribution in [0, 0.1) is 0 Å². The van der Waals surface area contributed by atoms with E-state index in [0.717, 1.165) is 0 Å². The fraction of sp³-hybridized carbons (Fsp3) is 0.900. The average molecular weight is 281 g/mol. The minimum atomic E-state index is -3.49. The quantitative estimate of drug-likeness (QED) is 0.286. The van der Waals surface area contributed by atoms with Gasteiger partial charge in [-0.25, -0.2) is 8.42 Å². The highest BCUT2D eigenvalue weighted by atomic mass is 32.2. The van der Waals surface area contributed by atoms with Crippen LogP contribution in [0.3, 0.4) is 0 Å². The van der Waals surface area contributed by atoms with Crippen LogP contribution < -0.4 is 5.73 Å². The highest BCUT2D eigenvalue weighted by Gasteiger charge is 2.25. The summed E-state index contributed by atoms with van der Waals surface area (Å²) in [5.41, 5.74) is 5.35. The summed E-state index contributed by atoms with van der Waals surface area (Å²) < 4.78 is 30.5. The van der Waals surface area contributed by atoms with Crippen molar-refractivity contribution in [2.75, 3.05) is 18.9 Å². The number of sulfonamides is 1. The van der Waals surface area contributed by atoms with Crippen LogP contribution in [0.5, 0.6) is 0 Å². The summed E-state index contributed by atoms with van der Waals surface area (Å²) in [6.07, 6.45) is -0.0169. The second-order valence-corrected chi connectivity index (χ2v) is 6.51. The molecule has 0 saturated carbocycles. The van der Waals surface area contributed by atoms with E-state index in [0.29, 0.717) is 0 Å². The molecule has 0 aromatic rings. The molecule has 0 aromatic heterocycles. The summed E-state index contributed by atoms with van der Waals surface area (Å²) in [5, 5.41) is 11.3. The van der Waals surface area contributed by atoms with Gasteiger partial charge in [-0.3, -0.25) is 0 Å². The lowest BCUT2D eigenvalue weighted by atomic mass is 10.4. The fourth-order valence-electron chi connectivity index (χ4n) is 1.30. The minimum absolute atomic E-state index is 0.0169. The smallest absolute Gasteiger partial charge is 0.217 e. The second-order valence-electron chi connectivity index (χ2n) is 4.47. The van der Waals surface area contributed by atoms with Crippen molar-refractivity contribution in [3.8, 4) is 0 Å². The number of amidine groups is 1. The van der Waals surface area contributed by atoms with Crippen molar-refractivity contribution >= 4 is 15.9 Å². The van der Waals surface area contributed by atoms with Crippen molar-refractivity contribution in [3.05, 3.63) is 0 Å². The Hall–Kier alpha value is -0.860. The summed E-state index contributed by atoms with van der Waals surface area (Å²) in [4.78, 5) is 0. The lowest BCUT2D eigenvalue weighted by molar-refractivity contribution is 0.0906. The first-order valence-electron chi connectivity index (χ1n) is 5.78. The Labute approximate surface area is 109 Å². The Bertz CT molecular complexity index is 365. The molecular formula is C10H23N3O4S. The van der Waals surface area contributed by atoms with Crippen molar-refractivity contribution in [2.45, 2.75) is 39.8 Å². The molecule has 0 fully saturated rings. The summed E-state index contributed by atoms with van der Waals surface area (Å²) in [5.74, 6) is -0.265. The van der Waals surface area contributed by atoms with E-state index >= 15 is 0 Å². The van der Waals surface area contributed by atoms with Gasteiger partial charge < -0.3 is 15.7 Å². The standard InChI is InChI=1S/C10H23N3O4S/c1-8(2)13(7-10(11)12-14)18(15,16)6-5-17-9(3)4/h8-9,14H,5-7H2,1-4H3,(H2,11,12). The van der Waals surface area contributed by atoms with E-state index < -0.39 is 10.0 Å². The molecule has 0 unspecified atom stereocenters. The van der Waals surface area contributed by atoms with Gasteiger partial charge >= 0.3 is 0 Å². The summed E-state index contributed by atoms with van der Waals surface area (Å²) in [6.45, 7) is 7.13. The maximum Gasteiger partial charge on any atom is 0.217 e. The van der Waals surface area contributed by atoms with Crippen LogP contribution in [0.25, 0.3) is 0 Å². The average Bonchev–Trinajstić information content (AvgIpc) is 2.23.